The second-order valence-corrected chi connectivity index (χ2v) is 7.90. The summed E-state index contributed by atoms with van der Waals surface area (Å²) in [4.78, 5) is 3.72. The van der Waals surface area contributed by atoms with Crippen LogP contribution in [0.2, 0.25) is 0 Å². The van der Waals surface area contributed by atoms with Gasteiger partial charge in [0.2, 0.25) is 0 Å². The lowest BCUT2D eigenvalue weighted by Crippen LogP contribution is -2.33. The molecule has 4 nitrogen and oxygen atoms in total. The zero-order valence-corrected chi connectivity index (χ0v) is 17.2. The Morgan fingerprint density at radius 3 is 2.76 bits per heavy atom. The van der Waals surface area contributed by atoms with Gasteiger partial charge >= 0.3 is 0 Å². The Hall–Kier alpha value is -2.98. The van der Waals surface area contributed by atoms with Crippen LogP contribution in [0.3, 0.4) is 0 Å². The predicted octanol–water partition coefficient (Wildman–Crippen LogP) is 5.36. The average Bonchev–Trinajstić information content (AvgIpc) is 3.15. The van der Waals surface area contributed by atoms with E-state index in [2.05, 4.69) is 71.1 Å². The molecule has 3 N–H and O–H groups in total. The maximum absolute atomic E-state index is 5.47. The van der Waals surface area contributed by atoms with Gasteiger partial charge in [0.25, 0.3) is 0 Å². The lowest BCUT2D eigenvalue weighted by Gasteiger charge is -2.31. The molecular weight excluding hydrogens is 358 g/mol. The molecule has 0 amide bonds. The van der Waals surface area contributed by atoms with Crippen LogP contribution in [-0.4, -0.2) is 25.7 Å². The van der Waals surface area contributed by atoms with Crippen LogP contribution in [0.15, 0.2) is 54.6 Å². The number of H-pyrrole nitrogens is 1. The van der Waals surface area contributed by atoms with Crippen molar-refractivity contribution in [3.05, 3.63) is 71.4 Å². The molecule has 4 aromatic rings. The first-order chi connectivity index (χ1) is 14.2. The molecule has 1 aliphatic heterocycles. The van der Waals surface area contributed by atoms with Crippen molar-refractivity contribution in [2.75, 3.05) is 26.0 Å². The predicted molar refractivity (Wildman–Crippen MR) is 121 cm³/mol. The first-order valence-corrected chi connectivity index (χ1v) is 10.3. The molecule has 5 rings (SSSR count). The number of anilines is 1. The Balaban J connectivity index is 1.66. The Labute approximate surface area is 171 Å². The van der Waals surface area contributed by atoms with Crippen molar-refractivity contribution in [1.29, 1.82) is 0 Å². The highest BCUT2D eigenvalue weighted by Gasteiger charge is 2.31. The molecule has 0 aliphatic carbocycles. The van der Waals surface area contributed by atoms with E-state index in [4.69, 9.17) is 4.74 Å². The zero-order chi connectivity index (χ0) is 20.0. The van der Waals surface area contributed by atoms with Gasteiger partial charge in [0.05, 0.1) is 13.2 Å². The number of methoxy groups -OCH3 is 1. The molecule has 0 saturated heterocycles. The molecule has 1 aromatic heterocycles. The van der Waals surface area contributed by atoms with E-state index in [0.717, 1.165) is 18.7 Å². The molecule has 1 aliphatic rings. The highest BCUT2D eigenvalue weighted by atomic mass is 16.5. The fourth-order valence-corrected chi connectivity index (χ4v) is 4.96. The van der Waals surface area contributed by atoms with Gasteiger partial charge in [-0.05, 0) is 59.1 Å². The molecule has 0 spiro atoms. The quantitative estimate of drug-likeness (QED) is 0.443. The van der Waals surface area contributed by atoms with E-state index in [-0.39, 0.29) is 6.04 Å². The maximum atomic E-state index is 5.47. The van der Waals surface area contributed by atoms with Gasteiger partial charge in [0.1, 0.15) is 5.75 Å². The first-order valence-electron chi connectivity index (χ1n) is 10.3. The molecule has 0 fully saturated rings. The molecule has 0 radical (unpaired) electrons. The van der Waals surface area contributed by atoms with Crippen LogP contribution in [0.5, 0.6) is 5.75 Å². The Kier molecular flexibility index (Phi) is 4.44. The summed E-state index contributed by atoms with van der Waals surface area (Å²) in [7, 11) is 3.74. The molecule has 2 atom stereocenters. The summed E-state index contributed by atoms with van der Waals surface area (Å²) in [5.41, 5.74) is 6.47. The van der Waals surface area contributed by atoms with E-state index in [1.54, 1.807) is 7.11 Å². The summed E-state index contributed by atoms with van der Waals surface area (Å²) in [5, 5.41) is 11.1. The van der Waals surface area contributed by atoms with Gasteiger partial charge in [-0.3, -0.25) is 0 Å². The minimum atomic E-state index is 0.232. The van der Waals surface area contributed by atoms with Crippen molar-refractivity contribution in [3.8, 4) is 5.75 Å². The van der Waals surface area contributed by atoms with Gasteiger partial charge in [-0.25, -0.2) is 0 Å². The third-order valence-corrected chi connectivity index (χ3v) is 6.39. The second kappa shape index (κ2) is 7.12. The summed E-state index contributed by atoms with van der Waals surface area (Å²) in [6.07, 6.45) is 1.03. The molecule has 3 aromatic carbocycles. The normalized spacial score (nSPS) is 17.3. The lowest BCUT2D eigenvalue weighted by molar-refractivity contribution is 0.415. The molecule has 0 saturated carbocycles. The Morgan fingerprint density at radius 2 is 1.93 bits per heavy atom. The summed E-state index contributed by atoms with van der Waals surface area (Å²) < 4.78 is 5.47. The van der Waals surface area contributed by atoms with Gasteiger partial charge in [-0.2, -0.15) is 0 Å². The zero-order valence-electron chi connectivity index (χ0n) is 17.2. The Bertz CT molecular complexity index is 1190. The number of hydrogen-bond acceptors (Lipinski definition) is 3. The average molecular weight is 386 g/mol. The van der Waals surface area contributed by atoms with E-state index >= 15 is 0 Å². The van der Waals surface area contributed by atoms with Gasteiger partial charge < -0.3 is 20.4 Å². The van der Waals surface area contributed by atoms with Crippen LogP contribution in [0, 0.1) is 0 Å². The lowest BCUT2D eigenvalue weighted by atomic mass is 9.83. The molecule has 0 bridgehead atoms. The standard InChI is InChI=1S/C25H27N3O/c1-15(23-18-7-5-4-6-16(18)8-10-22(23)26-2)24-25-19(12-13-27-24)20-14-17(29-3)9-11-21(20)28-25/h4-11,14-15,24,26-28H,12-13H2,1-3H3. The van der Waals surface area contributed by atoms with Gasteiger partial charge in [0, 0.05) is 35.2 Å². The van der Waals surface area contributed by atoms with Crippen LogP contribution < -0.4 is 15.4 Å². The van der Waals surface area contributed by atoms with Gasteiger partial charge in [0.15, 0.2) is 0 Å². The van der Waals surface area contributed by atoms with Crippen LogP contribution in [0.4, 0.5) is 5.69 Å². The number of hydrogen-bond donors (Lipinski definition) is 3. The van der Waals surface area contributed by atoms with Gasteiger partial charge in [-0.1, -0.05) is 37.3 Å². The summed E-state index contributed by atoms with van der Waals surface area (Å²) in [6, 6.07) is 19.6. The summed E-state index contributed by atoms with van der Waals surface area (Å²) >= 11 is 0. The number of nitrogens with one attached hydrogen (secondary N) is 3. The third-order valence-electron chi connectivity index (χ3n) is 6.39. The SMILES string of the molecule is CNc1ccc2ccccc2c1C(C)C1NCCc2c1[nH]c1ccc(OC)cc21. The largest absolute Gasteiger partial charge is 0.497 e. The van der Waals surface area contributed by atoms with E-state index in [9.17, 15) is 0 Å². The number of aromatic nitrogens is 1. The molecule has 2 heterocycles. The molecule has 2 unspecified atom stereocenters. The molecular formula is C25H27N3O. The minimum absolute atomic E-state index is 0.232. The smallest absolute Gasteiger partial charge is 0.119 e. The van der Waals surface area contributed by atoms with Crippen LogP contribution >= 0.6 is 0 Å². The van der Waals surface area contributed by atoms with Crippen LogP contribution in [0.1, 0.15) is 35.7 Å². The van der Waals surface area contributed by atoms with Crippen molar-refractivity contribution < 1.29 is 4.74 Å². The van der Waals surface area contributed by atoms with E-state index < -0.39 is 0 Å². The number of rotatable bonds is 4. The number of fused-ring (bicyclic) bond motifs is 4. The van der Waals surface area contributed by atoms with E-state index in [1.165, 1.54) is 44.2 Å². The Morgan fingerprint density at radius 1 is 1.07 bits per heavy atom. The summed E-state index contributed by atoms with van der Waals surface area (Å²) in [6.45, 7) is 3.31. The third kappa shape index (κ3) is 2.87. The number of ether oxygens (including phenoxy) is 1. The number of benzene rings is 3. The maximum Gasteiger partial charge on any atom is 0.119 e. The van der Waals surface area contributed by atoms with Crippen LogP contribution in [-0.2, 0) is 6.42 Å². The molecule has 4 heteroatoms. The van der Waals surface area contributed by atoms with Crippen molar-refractivity contribution in [3.63, 3.8) is 0 Å². The highest BCUT2D eigenvalue weighted by molar-refractivity contribution is 5.91. The summed E-state index contributed by atoms with van der Waals surface area (Å²) in [5.74, 6) is 1.21. The molecule has 148 valence electrons. The fraction of sp³-hybridized carbons (Fsp3) is 0.280. The first kappa shape index (κ1) is 18.1. The van der Waals surface area contributed by atoms with Crippen molar-refractivity contribution >= 4 is 27.4 Å². The number of aromatic amines is 1. The van der Waals surface area contributed by atoms with Crippen LogP contribution in [0.25, 0.3) is 21.7 Å². The topological polar surface area (TPSA) is 49.1 Å². The monoisotopic (exact) mass is 385 g/mol. The fourth-order valence-electron chi connectivity index (χ4n) is 4.96. The highest BCUT2D eigenvalue weighted by Crippen LogP contribution is 2.42. The van der Waals surface area contributed by atoms with Crippen molar-refractivity contribution in [1.82, 2.24) is 10.3 Å². The van der Waals surface area contributed by atoms with E-state index in [0.29, 0.717) is 5.92 Å². The van der Waals surface area contributed by atoms with Crippen molar-refractivity contribution in [2.24, 2.45) is 0 Å². The molecule has 29 heavy (non-hydrogen) atoms. The van der Waals surface area contributed by atoms with E-state index in [1.807, 2.05) is 13.1 Å². The second-order valence-electron chi connectivity index (χ2n) is 7.90. The van der Waals surface area contributed by atoms with Crippen molar-refractivity contribution in [2.45, 2.75) is 25.3 Å². The minimum Gasteiger partial charge on any atom is -0.497 e. The van der Waals surface area contributed by atoms with Gasteiger partial charge in [-0.15, -0.1) is 0 Å².